The number of hydrogen-bond donors (Lipinski definition) is 0. The van der Waals surface area contributed by atoms with Crippen LogP contribution in [-0.4, -0.2) is 43.3 Å². The second kappa shape index (κ2) is 8.79. The summed E-state index contributed by atoms with van der Waals surface area (Å²) in [5.41, 5.74) is 4.11. The van der Waals surface area contributed by atoms with E-state index in [1.165, 1.54) is 0 Å². The van der Waals surface area contributed by atoms with Crippen molar-refractivity contribution in [1.82, 2.24) is 10.1 Å². The van der Waals surface area contributed by atoms with Crippen molar-refractivity contribution in [2.45, 2.75) is 26.7 Å². The van der Waals surface area contributed by atoms with Crippen molar-refractivity contribution in [3.63, 3.8) is 0 Å². The van der Waals surface area contributed by atoms with E-state index >= 15 is 0 Å². The highest BCUT2D eigenvalue weighted by atomic mass is 16.5. The number of benzene rings is 2. The van der Waals surface area contributed by atoms with Gasteiger partial charge in [0.25, 0.3) is 0 Å². The van der Waals surface area contributed by atoms with Crippen LogP contribution in [0.5, 0.6) is 5.75 Å². The van der Waals surface area contributed by atoms with Crippen molar-refractivity contribution in [1.29, 1.82) is 0 Å². The summed E-state index contributed by atoms with van der Waals surface area (Å²) in [5, 5.41) is 4.11. The number of methoxy groups -OCH3 is 1. The van der Waals surface area contributed by atoms with Crippen LogP contribution in [0.2, 0.25) is 0 Å². The molecule has 0 saturated carbocycles. The Kier molecular flexibility index (Phi) is 5.93. The number of nitrogens with zero attached hydrogens (tertiary/aromatic N) is 4. The number of aryl methyl sites for hydroxylation is 2. The number of hydrogen-bond acceptors (Lipinski definition) is 6. The van der Waals surface area contributed by atoms with Crippen molar-refractivity contribution in [2.24, 2.45) is 5.92 Å². The van der Waals surface area contributed by atoms with Crippen LogP contribution < -0.4 is 14.5 Å². The standard InChI is InChI=1S/C24H28N4O3/c1-16-5-6-17(2)21(15-16)27(3)23(29)19-11-13-28(14-12-19)24-25-22(26-31-24)18-7-9-20(30-4)10-8-18/h5-10,15,19H,11-14H2,1-4H3. The molecule has 1 saturated heterocycles. The summed E-state index contributed by atoms with van der Waals surface area (Å²) in [6.45, 7) is 5.50. The lowest BCUT2D eigenvalue weighted by Crippen LogP contribution is -2.41. The first-order chi connectivity index (χ1) is 15.0. The second-order valence-corrected chi connectivity index (χ2v) is 8.08. The maximum Gasteiger partial charge on any atom is 0.324 e. The molecule has 0 bridgehead atoms. The molecule has 1 fully saturated rings. The minimum atomic E-state index is -0.00913. The lowest BCUT2D eigenvalue weighted by atomic mass is 9.95. The van der Waals surface area contributed by atoms with E-state index in [9.17, 15) is 4.79 Å². The van der Waals surface area contributed by atoms with Gasteiger partial charge in [0.2, 0.25) is 11.7 Å². The summed E-state index contributed by atoms with van der Waals surface area (Å²) in [7, 11) is 3.51. The molecule has 1 aliphatic heterocycles. The van der Waals surface area contributed by atoms with E-state index in [1.807, 2.05) is 45.2 Å². The van der Waals surface area contributed by atoms with Gasteiger partial charge in [0.05, 0.1) is 7.11 Å². The Morgan fingerprint density at radius 1 is 1.13 bits per heavy atom. The van der Waals surface area contributed by atoms with Gasteiger partial charge in [-0.15, -0.1) is 0 Å². The number of rotatable bonds is 5. The summed E-state index contributed by atoms with van der Waals surface area (Å²) >= 11 is 0. The molecule has 2 aromatic carbocycles. The van der Waals surface area contributed by atoms with E-state index in [4.69, 9.17) is 9.26 Å². The average Bonchev–Trinajstić information content (AvgIpc) is 3.30. The van der Waals surface area contributed by atoms with Gasteiger partial charge in [0.1, 0.15) is 5.75 Å². The summed E-state index contributed by atoms with van der Waals surface area (Å²) in [4.78, 5) is 21.5. The van der Waals surface area contributed by atoms with Crippen LogP contribution in [-0.2, 0) is 4.79 Å². The van der Waals surface area contributed by atoms with Gasteiger partial charge >= 0.3 is 6.01 Å². The highest BCUT2D eigenvalue weighted by molar-refractivity contribution is 5.95. The van der Waals surface area contributed by atoms with Crippen LogP contribution in [0.4, 0.5) is 11.7 Å². The van der Waals surface area contributed by atoms with Gasteiger partial charge in [-0.3, -0.25) is 4.79 Å². The molecule has 0 atom stereocenters. The lowest BCUT2D eigenvalue weighted by molar-refractivity contribution is -0.122. The zero-order chi connectivity index (χ0) is 22.0. The first-order valence-corrected chi connectivity index (χ1v) is 10.5. The topological polar surface area (TPSA) is 71.7 Å². The molecule has 0 N–H and O–H groups in total. The summed E-state index contributed by atoms with van der Waals surface area (Å²) in [6, 6.07) is 14.3. The number of amides is 1. The third-order valence-corrected chi connectivity index (χ3v) is 5.93. The Morgan fingerprint density at radius 3 is 2.52 bits per heavy atom. The highest BCUT2D eigenvalue weighted by Gasteiger charge is 2.30. The van der Waals surface area contributed by atoms with Gasteiger partial charge in [-0.05, 0) is 68.1 Å². The fourth-order valence-corrected chi connectivity index (χ4v) is 3.99. The Balaban J connectivity index is 1.39. The fraction of sp³-hybridized carbons (Fsp3) is 0.375. The number of anilines is 2. The molecule has 4 rings (SSSR count). The van der Waals surface area contributed by atoms with Crippen LogP contribution in [0.25, 0.3) is 11.4 Å². The number of carbonyl (C=O) groups is 1. The number of ether oxygens (including phenoxy) is 1. The SMILES string of the molecule is COc1ccc(-c2noc(N3CCC(C(=O)N(C)c4cc(C)ccc4C)CC3)n2)cc1. The first kappa shape index (κ1) is 20.9. The molecular formula is C24H28N4O3. The normalized spacial score (nSPS) is 14.5. The van der Waals surface area contributed by atoms with Gasteiger partial charge in [-0.25, -0.2) is 0 Å². The molecule has 0 spiro atoms. The van der Waals surface area contributed by atoms with Crippen molar-refractivity contribution in [3.05, 3.63) is 53.6 Å². The van der Waals surface area contributed by atoms with Crippen molar-refractivity contribution in [2.75, 3.05) is 37.0 Å². The summed E-state index contributed by atoms with van der Waals surface area (Å²) in [5.74, 6) is 1.48. The molecule has 1 aromatic heterocycles. The van der Waals surface area contributed by atoms with E-state index in [1.54, 1.807) is 12.0 Å². The highest BCUT2D eigenvalue weighted by Crippen LogP contribution is 2.28. The van der Waals surface area contributed by atoms with Crippen molar-refractivity contribution < 1.29 is 14.1 Å². The molecule has 162 valence electrons. The zero-order valence-electron chi connectivity index (χ0n) is 18.5. The van der Waals surface area contributed by atoms with Crippen LogP contribution in [0.1, 0.15) is 24.0 Å². The average molecular weight is 421 g/mol. The summed E-state index contributed by atoms with van der Waals surface area (Å²) < 4.78 is 10.7. The molecule has 2 heterocycles. The van der Waals surface area contributed by atoms with Crippen molar-refractivity contribution >= 4 is 17.6 Å². The van der Waals surface area contributed by atoms with Gasteiger partial charge in [-0.1, -0.05) is 17.3 Å². The van der Waals surface area contributed by atoms with Crippen molar-refractivity contribution in [3.8, 4) is 17.1 Å². The molecule has 7 heteroatoms. The van der Waals surface area contributed by atoms with E-state index in [0.717, 1.165) is 41.0 Å². The molecule has 3 aromatic rings. The smallest absolute Gasteiger partial charge is 0.324 e. The van der Waals surface area contributed by atoms with Gasteiger partial charge < -0.3 is 19.1 Å². The van der Waals surface area contributed by atoms with E-state index in [-0.39, 0.29) is 11.8 Å². The quantitative estimate of drug-likeness (QED) is 0.615. The molecule has 1 amide bonds. The predicted octanol–water partition coefficient (Wildman–Crippen LogP) is 4.24. The molecule has 0 unspecified atom stereocenters. The Labute approximate surface area is 182 Å². The maximum atomic E-state index is 13.1. The third-order valence-electron chi connectivity index (χ3n) is 5.93. The van der Waals surface area contributed by atoms with Crippen LogP contribution >= 0.6 is 0 Å². The Hall–Kier alpha value is -3.35. The Bertz CT molecular complexity index is 1050. The molecular weight excluding hydrogens is 392 g/mol. The van der Waals surface area contributed by atoms with E-state index in [0.29, 0.717) is 24.9 Å². The molecule has 7 nitrogen and oxygen atoms in total. The van der Waals surface area contributed by atoms with Gasteiger partial charge in [0.15, 0.2) is 0 Å². The minimum Gasteiger partial charge on any atom is -0.497 e. The largest absolute Gasteiger partial charge is 0.497 e. The maximum absolute atomic E-state index is 13.1. The zero-order valence-corrected chi connectivity index (χ0v) is 18.5. The number of piperidine rings is 1. The fourth-order valence-electron chi connectivity index (χ4n) is 3.99. The molecule has 1 aliphatic rings. The first-order valence-electron chi connectivity index (χ1n) is 10.5. The van der Waals surface area contributed by atoms with Gasteiger partial charge in [-0.2, -0.15) is 4.98 Å². The van der Waals surface area contributed by atoms with E-state index < -0.39 is 0 Å². The lowest BCUT2D eigenvalue weighted by Gasteiger charge is -2.32. The molecule has 0 aliphatic carbocycles. The monoisotopic (exact) mass is 420 g/mol. The van der Waals surface area contributed by atoms with Gasteiger partial charge in [0, 0.05) is 37.3 Å². The van der Waals surface area contributed by atoms with Crippen LogP contribution in [0, 0.1) is 19.8 Å². The minimum absolute atomic E-state index is 0.00913. The molecule has 0 radical (unpaired) electrons. The third kappa shape index (κ3) is 4.40. The predicted molar refractivity (Wildman–Crippen MR) is 121 cm³/mol. The number of aromatic nitrogens is 2. The number of carbonyl (C=O) groups excluding carboxylic acids is 1. The van der Waals surface area contributed by atoms with Crippen LogP contribution in [0.15, 0.2) is 47.0 Å². The summed E-state index contributed by atoms with van der Waals surface area (Å²) in [6.07, 6.45) is 1.52. The van der Waals surface area contributed by atoms with E-state index in [2.05, 4.69) is 33.2 Å². The Morgan fingerprint density at radius 2 is 1.84 bits per heavy atom. The van der Waals surface area contributed by atoms with Crippen LogP contribution in [0.3, 0.4) is 0 Å². The molecule has 31 heavy (non-hydrogen) atoms. The second-order valence-electron chi connectivity index (χ2n) is 8.08.